The Hall–Kier alpha value is -3.03. The Kier molecular flexibility index (Phi) is 5.18. The average molecular weight is 570 g/mol. The van der Waals surface area contributed by atoms with Crippen molar-refractivity contribution < 1.29 is 13.7 Å². The monoisotopic (exact) mass is 569 g/mol. The van der Waals surface area contributed by atoms with Gasteiger partial charge in [0.05, 0.1) is 5.69 Å². The molecule has 7 nitrogen and oxygen atoms in total. The summed E-state index contributed by atoms with van der Waals surface area (Å²) in [7, 11) is 2.03. The summed E-state index contributed by atoms with van der Waals surface area (Å²) in [5.41, 5.74) is 3.22. The number of carbonyl (C=O) groups excluding carboxylic acids is 1. The summed E-state index contributed by atoms with van der Waals surface area (Å²) in [6.45, 7) is 0.717. The molecule has 0 aliphatic heterocycles. The lowest BCUT2D eigenvalue weighted by Crippen LogP contribution is -2.65. The highest BCUT2D eigenvalue weighted by Crippen LogP contribution is 2.71. The van der Waals surface area contributed by atoms with Gasteiger partial charge in [0.1, 0.15) is 5.67 Å². The number of aryl methyl sites for hydroxylation is 1. The molecule has 2 heterocycles. The number of nitrogens with zero attached hydrogens (tertiary/aromatic N) is 5. The van der Waals surface area contributed by atoms with Crippen molar-refractivity contribution in [1.82, 2.24) is 19.9 Å². The van der Waals surface area contributed by atoms with Crippen molar-refractivity contribution >= 4 is 11.6 Å². The van der Waals surface area contributed by atoms with Gasteiger partial charge >= 0.3 is 0 Å². The van der Waals surface area contributed by atoms with E-state index in [0.29, 0.717) is 37.5 Å². The molecule has 0 atom stereocenters. The lowest BCUT2D eigenvalue weighted by atomic mass is 9.41. The Morgan fingerprint density at radius 2 is 1.71 bits per heavy atom. The van der Waals surface area contributed by atoms with Gasteiger partial charge in [-0.1, -0.05) is 17.3 Å². The lowest BCUT2D eigenvalue weighted by molar-refractivity contribution is -0.215. The molecule has 0 saturated heterocycles. The number of carbonyl (C=O) groups is 1. The maximum atomic E-state index is 14.4. The minimum atomic E-state index is -0.994. The summed E-state index contributed by atoms with van der Waals surface area (Å²) in [5, 5.41) is 9.17. The summed E-state index contributed by atoms with van der Waals surface area (Å²) >= 11 is 0. The molecule has 220 valence electrons. The van der Waals surface area contributed by atoms with Crippen LogP contribution in [0.5, 0.6) is 0 Å². The van der Waals surface area contributed by atoms with Crippen LogP contribution < -0.4 is 4.90 Å². The van der Waals surface area contributed by atoms with E-state index in [1.165, 1.54) is 31.4 Å². The number of hydrogen-bond donors (Lipinski definition) is 0. The number of alkyl halides is 1. The second-order valence-electron chi connectivity index (χ2n) is 15.3. The van der Waals surface area contributed by atoms with Crippen LogP contribution in [0.4, 0.5) is 10.1 Å². The first kappa shape index (κ1) is 25.5. The first-order valence-corrected chi connectivity index (χ1v) is 16.2. The SMILES string of the molecule is Cn1nc(-c2cccc(N(CC34CCC(c5nc(C6CC6)no5)(CC3)CC4)C(=O)CC34CC(F)(C3)C4)c2)cc1C1CC1. The first-order chi connectivity index (χ1) is 20.2. The summed E-state index contributed by atoms with van der Waals surface area (Å²) in [6.07, 6.45) is 13.2. The zero-order valence-corrected chi connectivity index (χ0v) is 24.6. The molecule has 8 fully saturated rings. The van der Waals surface area contributed by atoms with Crippen molar-refractivity contribution in [2.75, 3.05) is 11.4 Å². The Morgan fingerprint density at radius 1 is 1.00 bits per heavy atom. The second-order valence-corrected chi connectivity index (χ2v) is 15.3. The van der Waals surface area contributed by atoms with Crippen molar-refractivity contribution in [2.45, 2.75) is 113 Å². The van der Waals surface area contributed by atoms with Crippen LogP contribution in [0.1, 0.15) is 119 Å². The molecule has 0 spiro atoms. The van der Waals surface area contributed by atoms with Gasteiger partial charge in [-0.2, -0.15) is 10.1 Å². The number of benzene rings is 1. The van der Waals surface area contributed by atoms with Crippen LogP contribution in [0.2, 0.25) is 0 Å². The number of anilines is 1. The van der Waals surface area contributed by atoms with Gasteiger partial charge in [0.15, 0.2) is 5.82 Å². The van der Waals surface area contributed by atoms with E-state index in [1.807, 2.05) is 11.7 Å². The average Bonchev–Trinajstić information content (AvgIpc) is 3.91. The number of hydrogen-bond acceptors (Lipinski definition) is 5. The molecule has 11 rings (SSSR count). The topological polar surface area (TPSA) is 77.1 Å². The molecule has 0 radical (unpaired) electrons. The molecular formula is C34H40FN5O2. The molecule has 8 aliphatic carbocycles. The van der Waals surface area contributed by atoms with E-state index in [9.17, 15) is 9.18 Å². The van der Waals surface area contributed by atoms with E-state index in [4.69, 9.17) is 14.6 Å². The Balaban J connectivity index is 0.986. The van der Waals surface area contributed by atoms with E-state index >= 15 is 0 Å². The van der Waals surface area contributed by atoms with Gasteiger partial charge in [-0.05, 0) is 112 Å². The van der Waals surface area contributed by atoms with E-state index in [1.54, 1.807) is 0 Å². The van der Waals surface area contributed by atoms with Gasteiger partial charge < -0.3 is 9.42 Å². The fraction of sp³-hybridized carbons (Fsp3) is 0.647. The van der Waals surface area contributed by atoms with Gasteiger partial charge in [-0.25, -0.2) is 4.39 Å². The quantitative estimate of drug-likeness (QED) is 0.274. The molecule has 0 unspecified atom stereocenters. The number of amides is 1. The molecule has 1 amide bonds. The van der Waals surface area contributed by atoms with Crippen LogP contribution in [-0.4, -0.2) is 38.0 Å². The molecular weight excluding hydrogens is 529 g/mol. The zero-order valence-electron chi connectivity index (χ0n) is 24.6. The maximum Gasteiger partial charge on any atom is 0.232 e. The first-order valence-electron chi connectivity index (χ1n) is 16.2. The summed E-state index contributed by atoms with van der Waals surface area (Å²) in [4.78, 5) is 21.1. The largest absolute Gasteiger partial charge is 0.339 e. The molecule has 8 aliphatic rings. The number of aromatic nitrogens is 4. The molecule has 8 saturated carbocycles. The van der Waals surface area contributed by atoms with Crippen LogP contribution in [0, 0.1) is 10.8 Å². The van der Waals surface area contributed by atoms with E-state index in [2.05, 4.69) is 40.4 Å². The predicted octanol–water partition coefficient (Wildman–Crippen LogP) is 7.13. The molecule has 2 aromatic heterocycles. The summed E-state index contributed by atoms with van der Waals surface area (Å²) in [6, 6.07) is 10.6. The van der Waals surface area contributed by atoms with Crippen LogP contribution in [0.15, 0.2) is 34.9 Å². The van der Waals surface area contributed by atoms with Crippen LogP contribution >= 0.6 is 0 Å². The third kappa shape index (κ3) is 4.03. The summed E-state index contributed by atoms with van der Waals surface area (Å²) < 4.78 is 22.3. The number of rotatable bonds is 9. The highest BCUT2D eigenvalue weighted by molar-refractivity contribution is 5.95. The van der Waals surface area contributed by atoms with E-state index < -0.39 is 5.67 Å². The Labute approximate surface area is 246 Å². The van der Waals surface area contributed by atoms with Gasteiger partial charge in [0.2, 0.25) is 11.8 Å². The fourth-order valence-corrected chi connectivity index (χ4v) is 9.12. The number of fused-ring (bicyclic) bond motifs is 3. The highest BCUT2D eigenvalue weighted by atomic mass is 19.1. The highest BCUT2D eigenvalue weighted by Gasteiger charge is 2.69. The van der Waals surface area contributed by atoms with Gasteiger partial charge in [-0.15, -0.1) is 0 Å². The molecule has 42 heavy (non-hydrogen) atoms. The maximum absolute atomic E-state index is 14.4. The fourth-order valence-electron chi connectivity index (χ4n) is 9.12. The zero-order chi connectivity index (χ0) is 28.3. The summed E-state index contributed by atoms with van der Waals surface area (Å²) in [5.74, 6) is 3.03. The van der Waals surface area contributed by atoms with Crippen molar-refractivity contribution in [2.24, 2.45) is 17.9 Å². The van der Waals surface area contributed by atoms with Crippen LogP contribution in [0.3, 0.4) is 0 Å². The van der Waals surface area contributed by atoms with Crippen molar-refractivity contribution in [3.05, 3.63) is 47.7 Å². The standard InChI is InChI=1S/C34H40FN5O2/c1-39-27(22-5-6-22)16-26(37-39)24-3-2-4-25(15-24)40(28(41)17-32-18-34(35,19-32)20-32)21-31-9-12-33(13-10-31,14-11-31)30-36-29(38-42-30)23-7-8-23/h2-4,15-16,22-23H,5-14,17-21H2,1H3. The molecule has 1 aromatic carbocycles. The van der Waals surface area contributed by atoms with Crippen molar-refractivity contribution in [1.29, 1.82) is 0 Å². The van der Waals surface area contributed by atoms with Gasteiger partial charge in [0, 0.05) is 54.2 Å². The smallest absolute Gasteiger partial charge is 0.232 e. The normalized spacial score (nSPS) is 34.6. The van der Waals surface area contributed by atoms with Gasteiger partial charge in [0.25, 0.3) is 0 Å². The predicted molar refractivity (Wildman–Crippen MR) is 156 cm³/mol. The Morgan fingerprint density at radius 3 is 2.38 bits per heavy atom. The van der Waals surface area contributed by atoms with Crippen LogP contribution in [0.25, 0.3) is 11.3 Å². The Bertz CT molecular complexity index is 1540. The molecule has 3 aromatic rings. The van der Waals surface area contributed by atoms with Gasteiger partial charge in [-0.3, -0.25) is 9.48 Å². The lowest BCUT2D eigenvalue weighted by Gasteiger charge is -2.66. The van der Waals surface area contributed by atoms with Crippen LogP contribution in [-0.2, 0) is 17.3 Å². The van der Waals surface area contributed by atoms with Crippen molar-refractivity contribution in [3.63, 3.8) is 0 Å². The second kappa shape index (κ2) is 8.54. The minimum Gasteiger partial charge on any atom is -0.339 e. The van der Waals surface area contributed by atoms with E-state index in [-0.39, 0.29) is 22.2 Å². The third-order valence-electron chi connectivity index (χ3n) is 12.0. The number of halogens is 1. The third-order valence-corrected chi connectivity index (χ3v) is 12.0. The minimum absolute atomic E-state index is 0.00380. The molecule has 0 N–H and O–H groups in total. The van der Waals surface area contributed by atoms with Crippen molar-refractivity contribution in [3.8, 4) is 11.3 Å². The molecule has 8 heteroatoms. The van der Waals surface area contributed by atoms with E-state index in [0.717, 1.165) is 73.7 Å². The molecule has 4 bridgehead atoms.